The van der Waals surface area contributed by atoms with Gasteiger partial charge in [0, 0.05) is 12.8 Å². The van der Waals surface area contributed by atoms with Crippen LogP contribution in [0.5, 0.6) is 0 Å². The molecule has 2 N–H and O–H groups in total. The van der Waals surface area contributed by atoms with Crippen LogP contribution < -0.4 is 5.73 Å². The minimum Gasteiger partial charge on any atom is -0.368 e. The third-order valence-corrected chi connectivity index (χ3v) is 1.67. The van der Waals surface area contributed by atoms with Crippen LogP contribution in [0.4, 0.5) is 0 Å². The zero-order chi connectivity index (χ0) is 13.7. The number of nitrogens with two attached hydrogens (primary N) is 1. The van der Waals surface area contributed by atoms with Crippen LogP contribution in [0.15, 0.2) is 22.1 Å². The van der Waals surface area contributed by atoms with Gasteiger partial charge in [-0.1, -0.05) is 48.1 Å². The van der Waals surface area contributed by atoms with Crippen molar-refractivity contribution in [2.75, 3.05) is 7.05 Å². The molecule has 0 heterocycles. The fourth-order valence-electron chi connectivity index (χ4n) is 0.711. The summed E-state index contributed by atoms with van der Waals surface area (Å²) in [5.74, 6) is 0.702. The minimum absolute atomic E-state index is 0.300. The molecule has 0 radical (unpaired) electrons. The highest BCUT2D eigenvalue weighted by atomic mass is 15.0. The van der Waals surface area contributed by atoms with Gasteiger partial charge in [0.05, 0.1) is 0 Å². The highest BCUT2D eigenvalue weighted by molar-refractivity contribution is 6.04. The lowest BCUT2D eigenvalue weighted by atomic mass is 10.0. The van der Waals surface area contributed by atoms with Gasteiger partial charge in [0.1, 0.15) is 0 Å². The molecule has 96 valence electrons. The maximum absolute atomic E-state index is 5.43. The Morgan fingerprint density at radius 1 is 1.12 bits per heavy atom. The van der Waals surface area contributed by atoms with E-state index in [9.17, 15) is 0 Å². The van der Waals surface area contributed by atoms with Crippen LogP contribution in [0.25, 0.3) is 0 Å². The molecule has 0 bridgehead atoms. The zero-order valence-electron chi connectivity index (χ0n) is 12.3. The third-order valence-electron chi connectivity index (χ3n) is 1.67. The molecule has 0 aliphatic carbocycles. The Morgan fingerprint density at radius 2 is 1.50 bits per heavy atom. The second-order valence-electron chi connectivity index (χ2n) is 2.96. The van der Waals surface area contributed by atoms with Gasteiger partial charge < -0.3 is 5.73 Å². The molecule has 0 aliphatic rings. The Kier molecular flexibility index (Phi) is 17.6. The quantitative estimate of drug-likeness (QED) is 0.568. The molecule has 3 nitrogen and oxygen atoms in total. The Morgan fingerprint density at radius 3 is 1.75 bits per heavy atom. The van der Waals surface area contributed by atoms with E-state index in [1.54, 1.807) is 7.05 Å². The highest BCUT2D eigenvalue weighted by Crippen LogP contribution is 2.08. The van der Waals surface area contributed by atoms with E-state index in [0.717, 1.165) is 11.3 Å². The predicted octanol–water partition coefficient (Wildman–Crippen LogP) is 3.66. The summed E-state index contributed by atoms with van der Waals surface area (Å²) in [5.41, 5.74) is 7.29. The number of hydrogen-bond donors (Lipinski definition) is 1. The lowest BCUT2D eigenvalue weighted by molar-refractivity contribution is 0.805. The fraction of sp³-hybridized carbons (Fsp3) is 0.692. The number of aliphatic imine (C=N–C) groups is 2. The van der Waals surface area contributed by atoms with Gasteiger partial charge >= 0.3 is 0 Å². The number of nitrogens with zero attached hydrogens (tertiary/aromatic N) is 2. The minimum atomic E-state index is 0.300. The van der Waals surface area contributed by atoms with Crippen molar-refractivity contribution < 1.29 is 0 Å². The number of rotatable bonds is 2. The summed E-state index contributed by atoms with van der Waals surface area (Å²) in [5, 5.41) is 0. The van der Waals surface area contributed by atoms with Gasteiger partial charge in [0.25, 0.3) is 0 Å². The van der Waals surface area contributed by atoms with Crippen LogP contribution in [0, 0.1) is 5.92 Å². The SMILES string of the molecule is C=C(/C(C)=N\C(N)=NC)C(C)C.CC.CC. The topological polar surface area (TPSA) is 50.7 Å². The molecule has 0 unspecified atom stereocenters. The normalized spacial score (nSPS) is 11.1. The highest BCUT2D eigenvalue weighted by Gasteiger charge is 2.03. The first kappa shape index (κ1) is 20.3. The second kappa shape index (κ2) is 13.9. The van der Waals surface area contributed by atoms with Crippen LogP contribution in [0.2, 0.25) is 0 Å². The third kappa shape index (κ3) is 11.0. The molecule has 0 rings (SSSR count). The molecule has 0 amide bonds. The summed E-state index contributed by atoms with van der Waals surface area (Å²) >= 11 is 0. The molecule has 0 fully saturated rings. The molecule has 0 saturated carbocycles. The fourth-order valence-corrected chi connectivity index (χ4v) is 0.711. The summed E-state index contributed by atoms with van der Waals surface area (Å²) in [4.78, 5) is 7.80. The van der Waals surface area contributed by atoms with E-state index in [0.29, 0.717) is 11.9 Å². The van der Waals surface area contributed by atoms with Crippen LogP contribution in [-0.4, -0.2) is 18.7 Å². The number of guanidine groups is 1. The van der Waals surface area contributed by atoms with Gasteiger partial charge in [-0.25, -0.2) is 4.99 Å². The standard InChI is InChI=1S/C9H17N3.2C2H6/c1-6(2)7(3)8(4)12-9(10)11-5;2*1-2/h6H,3H2,1-2,4-5H3,(H2,10,11);2*1-2H3/b12-8-;;. The molecule has 0 aromatic rings. The first-order chi connectivity index (χ1) is 7.49. The number of allylic oxidation sites excluding steroid dienone is 1. The predicted molar refractivity (Wildman–Crippen MR) is 77.3 cm³/mol. The Labute approximate surface area is 102 Å². The zero-order valence-corrected chi connectivity index (χ0v) is 12.3. The maximum atomic E-state index is 5.43. The Hall–Kier alpha value is -1.12. The van der Waals surface area contributed by atoms with Gasteiger partial charge in [0.15, 0.2) is 0 Å². The van der Waals surface area contributed by atoms with E-state index in [2.05, 4.69) is 30.4 Å². The van der Waals surface area contributed by atoms with Crippen molar-refractivity contribution in [2.45, 2.75) is 48.5 Å². The summed E-state index contributed by atoms with van der Waals surface area (Å²) in [6, 6.07) is 0. The molecule has 0 atom stereocenters. The van der Waals surface area contributed by atoms with Crippen LogP contribution in [0.3, 0.4) is 0 Å². The van der Waals surface area contributed by atoms with Crippen molar-refractivity contribution in [2.24, 2.45) is 21.6 Å². The van der Waals surface area contributed by atoms with E-state index in [1.165, 1.54) is 0 Å². The largest absolute Gasteiger partial charge is 0.368 e. The Balaban J connectivity index is -0.000000376. The average Bonchev–Trinajstić information content (AvgIpc) is 2.32. The van der Waals surface area contributed by atoms with Crippen molar-refractivity contribution in [3.63, 3.8) is 0 Å². The van der Waals surface area contributed by atoms with Crippen LogP contribution in [-0.2, 0) is 0 Å². The van der Waals surface area contributed by atoms with E-state index in [1.807, 2.05) is 34.6 Å². The van der Waals surface area contributed by atoms with E-state index in [4.69, 9.17) is 5.73 Å². The van der Waals surface area contributed by atoms with E-state index < -0.39 is 0 Å². The van der Waals surface area contributed by atoms with Gasteiger partial charge in [0.2, 0.25) is 5.96 Å². The van der Waals surface area contributed by atoms with Gasteiger partial charge in [-0.2, -0.15) is 0 Å². The molecule has 0 aromatic carbocycles. The molecular formula is C13H29N3. The molecule has 3 heteroatoms. The summed E-state index contributed by atoms with van der Waals surface area (Å²) in [6.07, 6.45) is 0. The van der Waals surface area contributed by atoms with Crippen molar-refractivity contribution in [1.82, 2.24) is 0 Å². The molecular weight excluding hydrogens is 198 g/mol. The van der Waals surface area contributed by atoms with Gasteiger partial charge in [-0.05, 0) is 18.4 Å². The molecule has 16 heavy (non-hydrogen) atoms. The van der Waals surface area contributed by atoms with E-state index >= 15 is 0 Å². The van der Waals surface area contributed by atoms with Crippen LogP contribution >= 0.6 is 0 Å². The smallest absolute Gasteiger partial charge is 0.215 e. The molecule has 0 spiro atoms. The van der Waals surface area contributed by atoms with Crippen LogP contribution in [0.1, 0.15) is 48.5 Å². The Bertz CT molecular complexity index is 225. The first-order valence-corrected chi connectivity index (χ1v) is 5.95. The monoisotopic (exact) mass is 227 g/mol. The summed E-state index contributed by atoms with van der Waals surface area (Å²) in [7, 11) is 1.62. The molecule has 0 aromatic heterocycles. The van der Waals surface area contributed by atoms with Crippen molar-refractivity contribution >= 4 is 11.7 Å². The van der Waals surface area contributed by atoms with Crippen molar-refractivity contribution in [1.29, 1.82) is 0 Å². The second-order valence-corrected chi connectivity index (χ2v) is 2.96. The molecule has 0 aliphatic heterocycles. The van der Waals surface area contributed by atoms with Gasteiger partial charge in [-0.15, -0.1) is 0 Å². The molecule has 0 saturated heterocycles. The van der Waals surface area contributed by atoms with Gasteiger partial charge in [-0.3, -0.25) is 4.99 Å². The lowest BCUT2D eigenvalue weighted by Gasteiger charge is -2.07. The van der Waals surface area contributed by atoms with Crippen molar-refractivity contribution in [3.8, 4) is 0 Å². The first-order valence-electron chi connectivity index (χ1n) is 5.95. The maximum Gasteiger partial charge on any atom is 0.215 e. The average molecular weight is 227 g/mol. The lowest BCUT2D eigenvalue weighted by Crippen LogP contribution is -2.13. The summed E-state index contributed by atoms with van der Waals surface area (Å²) in [6.45, 7) is 17.9. The van der Waals surface area contributed by atoms with E-state index in [-0.39, 0.29) is 0 Å². The number of hydrogen-bond acceptors (Lipinski definition) is 1. The van der Waals surface area contributed by atoms with Crippen molar-refractivity contribution in [3.05, 3.63) is 12.2 Å². The summed E-state index contributed by atoms with van der Waals surface area (Å²) < 4.78 is 0.